The number of hydrogen-bond donors (Lipinski definition) is 3. The van der Waals surface area contributed by atoms with E-state index in [9.17, 15) is 0 Å². The Labute approximate surface area is 123 Å². The van der Waals surface area contributed by atoms with Gasteiger partial charge in [-0.05, 0) is 42.2 Å². The Kier molecular flexibility index (Phi) is 5.31. The van der Waals surface area contributed by atoms with Crippen molar-refractivity contribution in [1.82, 2.24) is 9.97 Å². The van der Waals surface area contributed by atoms with E-state index in [1.807, 2.05) is 0 Å². The number of hydrazine groups is 1. The van der Waals surface area contributed by atoms with Crippen LogP contribution in [0.5, 0.6) is 0 Å². The third kappa shape index (κ3) is 3.68. The minimum Gasteiger partial charge on any atom is -0.367 e. The number of thiophene rings is 1. The first-order valence-electron chi connectivity index (χ1n) is 6.82. The first-order chi connectivity index (χ1) is 9.74. The molecule has 0 amide bonds. The van der Waals surface area contributed by atoms with Crippen LogP contribution in [0.25, 0.3) is 0 Å². The fourth-order valence-corrected chi connectivity index (χ4v) is 2.88. The van der Waals surface area contributed by atoms with Gasteiger partial charge in [-0.15, -0.1) is 0 Å². The molecule has 5 nitrogen and oxygen atoms in total. The molecule has 108 valence electrons. The van der Waals surface area contributed by atoms with Crippen molar-refractivity contribution in [1.29, 1.82) is 0 Å². The Balaban J connectivity index is 2.11. The maximum Gasteiger partial charge on any atom is 0.148 e. The highest BCUT2D eigenvalue weighted by Gasteiger charge is 2.12. The number of nitrogens with one attached hydrogen (secondary N) is 2. The highest BCUT2D eigenvalue weighted by atomic mass is 32.1. The normalized spacial score (nSPS) is 12.2. The first kappa shape index (κ1) is 14.7. The molecule has 0 aliphatic carbocycles. The standard InChI is InChI=1S/C14H21N5S/c1-3-4-12-13(16-9-17-14(12)19-15)18-10(2)7-11-5-6-20-8-11/h5-6,8-10H,3-4,7,15H2,1-2H3,(H2,16,17,18,19). The van der Waals surface area contributed by atoms with Gasteiger partial charge in [-0.3, -0.25) is 0 Å². The maximum atomic E-state index is 5.52. The topological polar surface area (TPSA) is 75.9 Å². The molecule has 2 aromatic rings. The Morgan fingerprint density at radius 1 is 1.35 bits per heavy atom. The Hall–Kier alpha value is -1.66. The molecular formula is C14H21N5S. The molecule has 1 atom stereocenters. The zero-order chi connectivity index (χ0) is 14.4. The number of nitrogen functional groups attached to an aromatic ring is 1. The van der Waals surface area contributed by atoms with Crippen LogP contribution >= 0.6 is 11.3 Å². The average molecular weight is 291 g/mol. The lowest BCUT2D eigenvalue weighted by Gasteiger charge is -2.18. The van der Waals surface area contributed by atoms with Crippen LogP contribution in [0, 0.1) is 0 Å². The van der Waals surface area contributed by atoms with Crippen molar-refractivity contribution < 1.29 is 0 Å². The van der Waals surface area contributed by atoms with E-state index >= 15 is 0 Å². The van der Waals surface area contributed by atoms with Crippen LogP contribution in [0.2, 0.25) is 0 Å². The molecule has 0 radical (unpaired) electrons. The summed E-state index contributed by atoms with van der Waals surface area (Å²) < 4.78 is 0. The van der Waals surface area contributed by atoms with E-state index in [0.717, 1.165) is 30.6 Å². The summed E-state index contributed by atoms with van der Waals surface area (Å²) in [4.78, 5) is 8.53. The highest BCUT2D eigenvalue weighted by molar-refractivity contribution is 7.07. The lowest BCUT2D eigenvalue weighted by atomic mass is 10.1. The fourth-order valence-electron chi connectivity index (χ4n) is 2.19. The summed E-state index contributed by atoms with van der Waals surface area (Å²) in [5, 5.41) is 7.75. The molecule has 0 spiro atoms. The fraction of sp³-hybridized carbons (Fsp3) is 0.429. The molecule has 6 heteroatoms. The monoisotopic (exact) mass is 291 g/mol. The van der Waals surface area contributed by atoms with E-state index in [2.05, 4.69) is 51.4 Å². The number of hydrogen-bond acceptors (Lipinski definition) is 6. The smallest absolute Gasteiger partial charge is 0.148 e. The molecule has 2 aromatic heterocycles. The van der Waals surface area contributed by atoms with E-state index < -0.39 is 0 Å². The Morgan fingerprint density at radius 2 is 2.15 bits per heavy atom. The zero-order valence-electron chi connectivity index (χ0n) is 11.9. The molecule has 0 aromatic carbocycles. The van der Waals surface area contributed by atoms with Gasteiger partial charge in [0, 0.05) is 11.6 Å². The van der Waals surface area contributed by atoms with E-state index in [1.54, 1.807) is 11.3 Å². The molecule has 2 heterocycles. The average Bonchev–Trinajstić information content (AvgIpc) is 2.93. The van der Waals surface area contributed by atoms with Gasteiger partial charge in [0.05, 0.1) is 0 Å². The van der Waals surface area contributed by atoms with Crippen LogP contribution in [-0.2, 0) is 12.8 Å². The van der Waals surface area contributed by atoms with Crippen LogP contribution in [0.1, 0.15) is 31.4 Å². The summed E-state index contributed by atoms with van der Waals surface area (Å²) in [6, 6.07) is 2.46. The SMILES string of the molecule is CCCc1c(NN)ncnc1NC(C)Cc1ccsc1. The molecule has 0 bridgehead atoms. The zero-order valence-corrected chi connectivity index (χ0v) is 12.7. The van der Waals surface area contributed by atoms with Gasteiger partial charge in [0.2, 0.25) is 0 Å². The predicted octanol–water partition coefficient (Wildman–Crippen LogP) is 2.82. The number of nitrogens with two attached hydrogens (primary N) is 1. The van der Waals surface area contributed by atoms with Gasteiger partial charge in [0.15, 0.2) is 0 Å². The largest absolute Gasteiger partial charge is 0.367 e. The number of anilines is 2. The third-order valence-corrected chi connectivity index (χ3v) is 3.82. The third-order valence-electron chi connectivity index (χ3n) is 3.09. The molecule has 0 aliphatic heterocycles. The van der Waals surface area contributed by atoms with E-state index in [-0.39, 0.29) is 0 Å². The lowest BCUT2D eigenvalue weighted by molar-refractivity contribution is 0.778. The number of nitrogens with zero attached hydrogens (tertiary/aromatic N) is 2. The van der Waals surface area contributed by atoms with Gasteiger partial charge in [-0.25, -0.2) is 15.8 Å². The van der Waals surface area contributed by atoms with Crippen molar-refractivity contribution in [2.45, 2.75) is 39.2 Å². The second-order valence-electron chi connectivity index (χ2n) is 4.82. The Bertz CT molecular complexity index is 526. The van der Waals surface area contributed by atoms with E-state index in [1.165, 1.54) is 11.9 Å². The van der Waals surface area contributed by atoms with Gasteiger partial charge in [0.1, 0.15) is 18.0 Å². The van der Waals surface area contributed by atoms with Crippen LogP contribution in [0.15, 0.2) is 23.2 Å². The summed E-state index contributed by atoms with van der Waals surface area (Å²) in [5.74, 6) is 7.10. The van der Waals surface area contributed by atoms with Gasteiger partial charge >= 0.3 is 0 Å². The summed E-state index contributed by atoms with van der Waals surface area (Å²) in [7, 11) is 0. The van der Waals surface area contributed by atoms with Gasteiger partial charge < -0.3 is 10.7 Å². The van der Waals surface area contributed by atoms with Crippen LogP contribution in [-0.4, -0.2) is 16.0 Å². The van der Waals surface area contributed by atoms with Gasteiger partial charge in [-0.2, -0.15) is 11.3 Å². The molecule has 0 aliphatic rings. The molecule has 2 rings (SSSR count). The van der Waals surface area contributed by atoms with Gasteiger partial charge in [-0.1, -0.05) is 13.3 Å². The van der Waals surface area contributed by atoms with E-state index in [0.29, 0.717) is 11.9 Å². The van der Waals surface area contributed by atoms with Crippen LogP contribution in [0.3, 0.4) is 0 Å². The molecule has 1 unspecified atom stereocenters. The maximum absolute atomic E-state index is 5.52. The summed E-state index contributed by atoms with van der Waals surface area (Å²) >= 11 is 1.73. The molecule has 20 heavy (non-hydrogen) atoms. The number of rotatable bonds is 7. The van der Waals surface area contributed by atoms with Gasteiger partial charge in [0.25, 0.3) is 0 Å². The molecular weight excluding hydrogens is 270 g/mol. The summed E-state index contributed by atoms with van der Waals surface area (Å²) in [5.41, 5.74) is 5.05. The second kappa shape index (κ2) is 7.21. The van der Waals surface area contributed by atoms with E-state index in [4.69, 9.17) is 5.84 Å². The predicted molar refractivity (Wildman–Crippen MR) is 84.9 cm³/mol. The summed E-state index contributed by atoms with van der Waals surface area (Å²) in [6.07, 6.45) is 4.43. The van der Waals surface area contributed by atoms with Crippen molar-refractivity contribution in [3.05, 3.63) is 34.3 Å². The van der Waals surface area contributed by atoms with Crippen molar-refractivity contribution in [3.63, 3.8) is 0 Å². The molecule has 0 saturated carbocycles. The highest BCUT2D eigenvalue weighted by Crippen LogP contribution is 2.22. The lowest BCUT2D eigenvalue weighted by Crippen LogP contribution is -2.21. The quantitative estimate of drug-likeness (QED) is 0.540. The van der Waals surface area contributed by atoms with Crippen molar-refractivity contribution in [2.75, 3.05) is 10.7 Å². The second-order valence-corrected chi connectivity index (χ2v) is 5.60. The van der Waals surface area contributed by atoms with Crippen molar-refractivity contribution in [3.8, 4) is 0 Å². The van der Waals surface area contributed by atoms with Crippen molar-refractivity contribution in [2.24, 2.45) is 5.84 Å². The summed E-state index contributed by atoms with van der Waals surface area (Å²) in [6.45, 7) is 4.29. The van der Waals surface area contributed by atoms with Crippen molar-refractivity contribution >= 4 is 23.0 Å². The first-order valence-corrected chi connectivity index (χ1v) is 7.77. The molecule has 0 saturated heterocycles. The van der Waals surface area contributed by atoms with Crippen LogP contribution < -0.4 is 16.6 Å². The van der Waals surface area contributed by atoms with Crippen LogP contribution in [0.4, 0.5) is 11.6 Å². The minimum atomic E-state index is 0.306. The molecule has 0 fully saturated rings. The minimum absolute atomic E-state index is 0.306. The Morgan fingerprint density at radius 3 is 2.80 bits per heavy atom. The molecule has 4 N–H and O–H groups in total. The number of aromatic nitrogens is 2.